The highest BCUT2D eigenvalue weighted by atomic mass is 14.9. The maximum atomic E-state index is 5.22. The van der Waals surface area contributed by atoms with Crippen molar-refractivity contribution in [2.45, 2.75) is 0 Å². The van der Waals surface area contributed by atoms with Crippen molar-refractivity contribution in [1.29, 1.82) is 0 Å². The van der Waals surface area contributed by atoms with Crippen LogP contribution in [-0.2, 0) is 0 Å². The van der Waals surface area contributed by atoms with Gasteiger partial charge >= 0.3 is 0 Å². The van der Waals surface area contributed by atoms with Crippen LogP contribution in [0.1, 0.15) is 0 Å². The Hall–Kier alpha value is -7.25. The van der Waals surface area contributed by atoms with E-state index in [1.165, 1.54) is 0 Å². The van der Waals surface area contributed by atoms with E-state index in [-0.39, 0.29) is 0 Å². The highest BCUT2D eigenvalue weighted by Gasteiger charge is 2.17. The van der Waals surface area contributed by atoms with E-state index in [4.69, 9.17) is 29.9 Å². The van der Waals surface area contributed by atoms with Gasteiger partial charge in [-0.3, -0.25) is 4.98 Å². The van der Waals surface area contributed by atoms with E-state index in [2.05, 4.69) is 47.4 Å². The highest BCUT2D eigenvalue weighted by Crippen LogP contribution is 2.35. The van der Waals surface area contributed by atoms with Gasteiger partial charge in [-0.05, 0) is 53.1 Å². The molecule has 244 valence electrons. The molecule has 7 nitrogen and oxygen atoms in total. The molecule has 7 heteroatoms. The predicted molar refractivity (Wildman–Crippen MR) is 207 cm³/mol. The van der Waals surface area contributed by atoms with E-state index in [1.54, 1.807) is 12.4 Å². The minimum atomic E-state index is 0.562. The Morgan fingerprint density at radius 2 is 0.808 bits per heavy atom. The highest BCUT2D eigenvalue weighted by molar-refractivity contribution is 5.96. The molecule has 0 N–H and O–H groups in total. The lowest BCUT2D eigenvalue weighted by atomic mass is 10.00. The molecule has 0 aliphatic rings. The van der Waals surface area contributed by atoms with Crippen LogP contribution in [0.2, 0.25) is 0 Å². The maximum absolute atomic E-state index is 5.22. The van der Waals surface area contributed by atoms with Gasteiger partial charge in [0.2, 0.25) is 0 Å². The maximum Gasteiger partial charge on any atom is 0.160 e. The van der Waals surface area contributed by atoms with Crippen LogP contribution in [0.5, 0.6) is 0 Å². The summed E-state index contributed by atoms with van der Waals surface area (Å²) in [4.78, 5) is 33.9. The summed E-state index contributed by atoms with van der Waals surface area (Å²) in [6.07, 6.45) is 10.9. The molecule has 4 heterocycles. The van der Waals surface area contributed by atoms with E-state index in [0.29, 0.717) is 17.5 Å². The monoisotopic (exact) mass is 667 g/mol. The summed E-state index contributed by atoms with van der Waals surface area (Å²) in [5.41, 5.74) is 11.1. The molecule has 0 saturated carbocycles. The van der Waals surface area contributed by atoms with Crippen molar-refractivity contribution < 1.29 is 0 Å². The van der Waals surface area contributed by atoms with Gasteiger partial charge in [0.05, 0.1) is 11.2 Å². The molecule has 0 fully saturated rings. The molecule has 0 amide bonds. The molecule has 5 aromatic carbocycles. The topological polar surface area (TPSA) is 90.2 Å². The summed E-state index contributed by atoms with van der Waals surface area (Å²) in [7, 11) is 0. The van der Waals surface area contributed by atoms with E-state index in [1.807, 2.05) is 122 Å². The SMILES string of the molecule is c1ccc(-c2cnc(-c3cc(-c4ncc(-c5cccnc5)cn4)cc(-c4nc(-c5ccccc5)c5ccc(-c6ccccc6)cc5n4)c3)nc2)cc1. The van der Waals surface area contributed by atoms with Crippen molar-refractivity contribution in [3.63, 3.8) is 0 Å². The van der Waals surface area contributed by atoms with Crippen LogP contribution in [0.25, 0.3) is 89.7 Å². The van der Waals surface area contributed by atoms with Crippen LogP contribution >= 0.6 is 0 Å². The van der Waals surface area contributed by atoms with Crippen LogP contribution in [0.4, 0.5) is 0 Å². The Bertz CT molecular complexity index is 2530. The number of hydrogen-bond acceptors (Lipinski definition) is 7. The molecule has 0 atom stereocenters. The van der Waals surface area contributed by atoms with Gasteiger partial charge in [-0.25, -0.2) is 29.9 Å². The van der Waals surface area contributed by atoms with Crippen molar-refractivity contribution in [1.82, 2.24) is 34.9 Å². The lowest BCUT2D eigenvalue weighted by molar-refractivity contribution is 1.16. The lowest BCUT2D eigenvalue weighted by Crippen LogP contribution is -1.98. The molecule has 0 unspecified atom stereocenters. The minimum absolute atomic E-state index is 0.562. The molecular formula is C45H29N7. The van der Waals surface area contributed by atoms with Crippen LogP contribution in [-0.4, -0.2) is 34.9 Å². The predicted octanol–water partition coefficient (Wildman–Crippen LogP) is 10.3. The number of aromatic nitrogens is 7. The zero-order valence-corrected chi connectivity index (χ0v) is 27.9. The average Bonchev–Trinajstić information content (AvgIpc) is 3.24. The first-order chi connectivity index (χ1) is 25.7. The first-order valence-electron chi connectivity index (χ1n) is 16.9. The fourth-order valence-electron chi connectivity index (χ4n) is 6.32. The van der Waals surface area contributed by atoms with Crippen molar-refractivity contribution >= 4 is 10.9 Å². The Morgan fingerprint density at radius 1 is 0.308 bits per heavy atom. The third kappa shape index (κ3) is 6.19. The first-order valence-corrected chi connectivity index (χ1v) is 16.9. The summed E-state index contributed by atoms with van der Waals surface area (Å²) in [6, 6.07) is 47.1. The van der Waals surface area contributed by atoms with Crippen LogP contribution in [0, 0.1) is 0 Å². The number of fused-ring (bicyclic) bond motifs is 1. The molecule has 0 radical (unpaired) electrons. The first kappa shape index (κ1) is 30.8. The van der Waals surface area contributed by atoms with Crippen LogP contribution in [0.3, 0.4) is 0 Å². The smallest absolute Gasteiger partial charge is 0.160 e. The summed E-state index contributed by atoms with van der Waals surface area (Å²) < 4.78 is 0. The van der Waals surface area contributed by atoms with E-state index < -0.39 is 0 Å². The fraction of sp³-hybridized carbons (Fsp3) is 0. The second-order valence-electron chi connectivity index (χ2n) is 12.4. The standard InChI is InChI=1S/C45H29N7/c1-4-11-30(12-5-1)33-18-19-40-41(24-33)51-45(52-42(40)32-15-8-3-9-16-32)37-22-35(43-47-26-38(27-48-43)31-13-6-2-7-14-31)21-36(23-37)44-49-28-39(29-50-44)34-17-10-20-46-25-34/h1-29H. The third-order valence-electron chi connectivity index (χ3n) is 8.96. The number of hydrogen-bond donors (Lipinski definition) is 0. The quantitative estimate of drug-likeness (QED) is 0.167. The summed E-state index contributed by atoms with van der Waals surface area (Å²) >= 11 is 0. The van der Waals surface area contributed by atoms with Gasteiger partial charge in [0.1, 0.15) is 0 Å². The van der Waals surface area contributed by atoms with Gasteiger partial charge in [-0.2, -0.15) is 0 Å². The van der Waals surface area contributed by atoms with Gasteiger partial charge in [0, 0.05) is 81.5 Å². The van der Waals surface area contributed by atoms with E-state index in [0.717, 1.165) is 72.2 Å². The van der Waals surface area contributed by atoms with Crippen LogP contribution < -0.4 is 0 Å². The van der Waals surface area contributed by atoms with E-state index in [9.17, 15) is 0 Å². The molecule has 0 aliphatic heterocycles. The molecule has 0 bridgehead atoms. The molecule has 9 rings (SSSR count). The Balaban J connectivity index is 1.22. The molecular weight excluding hydrogens is 639 g/mol. The molecule has 0 spiro atoms. The van der Waals surface area contributed by atoms with Crippen molar-refractivity contribution in [3.05, 3.63) is 177 Å². The van der Waals surface area contributed by atoms with Gasteiger partial charge in [-0.15, -0.1) is 0 Å². The van der Waals surface area contributed by atoms with Crippen LogP contribution in [0.15, 0.2) is 177 Å². The summed E-state index contributed by atoms with van der Waals surface area (Å²) in [5.74, 6) is 1.71. The van der Waals surface area contributed by atoms with Gasteiger partial charge in [0.25, 0.3) is 0 Å². The third-order valence-corrected chi connectivity index (χ3v) is 8.96. The molecule has 52 heavy (non-hydrogen) atoms. The zero-order chi connectivity index (χ0) is 34.7. The van der Waals surface area contributed by atoms with Crippen molar-refractivity contribution in [3.8, 4) is 78.8 Å². The van der Waals surface area contributed by atoms with Gasteiger partial charge in [-0.1, -0.05) is 103 Å². The second kappa shape index (κ2) is 13.6. The fourth-order valence-corrected chi connectivity index (χ4v) is 6.32. The van der Waals surface area contributed by atoms with Gasteiger partial charge in [0.15, 0.2) is 17.5 Å². The molecule has 4 aromatic heterocycles. The second-order valence-corrected chi connectivity index (χ2v) is 12.4. The molecule has 9 aromatic rings. The zero-order valence-electron chi connectivity index (χ0n) is 27.9. The number of pyridine rings is 1. The largest absolute Gasteiger partial charge is 0.264 e. The van der Waals surface area contributed by atoms with Crippen molar-refractivity contribution in [2.24, 2.45) is 0 Å². The Morgan fingerprint density at radius 3 is 1.37 bits per heavy atom. The Kier molecular flexibility index (Phi) is 8.04. The molecule has 0 aliphatic carbocycles. The number of rotatable bonds is 7. The number of nitrogens with zero attached hydrogens (tertiary/aromatic N) is 7. The average molecular weight is 668 g/mol. The van der Waals surface area contributed by atoms with E-state index >= 15 is 0 Å². The van der Waals surface area contributed by atoms with Gasteiger partial charge < -0.3 is 0 Å². The summed E-state index contributed by atoms with van der Waals surface area (Å²) in [6.45, 7) is 0. The van der Waals surface area contributed by atoms with Crippen molar-refractivity contribution in [2.75, 3.05) is 0 Å². The Labute approximate surface area is 300 Å². The lowest BCUT2D eigenvalue weighted by Gasteiger charge is -2.13. The summed E-state index contributed by atoms with van der Waals surface area (Å²) in [5, 5.41) is 0.972. The minimum Gasteiger partial charge on any atom is -0.264 e. The normalized spacial score (nSPS) is 11.1. The number of benzene rings is 5. The molecule has 0 saturated heterocycles.